The quantitative estimate of drug-likeness (QED) is 0.512. The molecule has 1 unspecified atom stereocenters. The number of nitrogens with zero attached hydrogens (tertiary/aromatic N) is 4. The van der Waals surface area contributed by atoms with E-state index in [2.05, 4.69) is 15.5 Å². The Morgan fingerprint density at radius 2 is 1.64 bits per heavy atom. The Morgan fingerprint density at radius 3 is 2.27 bits per heavy atom. The molecule has 174 valence electrons. The van der Waals surface area contributed by atoms with Crippen molar-refractivity contribution in [2.45, 2.75) is 48.9 Å². The molecule has 3 aromatic rings. The van der Waals surface area contributed by atoms with Crippen LogP contribution < -0.4 is 5.32 Å². The Balaban J connectivity index is 1.43. The molecule has 1 N–H and O–H groups in total. The molecule has 2 heterocycles. The monoisotopic (exact) mass is 485 g/mol. The minimum absolute atomic E-state index is 0.203. The molecule has 1 fully saturated rings. The van der Waals surface area contributed by atoms with Gasteiger partial charge in [0, 0.05) is 24.5 Å². The number of amides is 1. The van der Waals surface area contributed by atoms with Crippen LogP contribution in [-0.4, -0.2) is 51.7 Å². The molecule has 1 aliphatic rings. The van der Waals surface area contributed by atoms with Gasteiger partial charge in [0.05, 0.1) is 10.1 Å². The number of nitrogens with one attached hydrogen (secondary N) is 1. The van der Waals surface area contributed by atoms with Crippen LogP contribution in [0.5, 0.6) is 0 Å². The van der Waals surface area contributed by atoms with Crippen LogP contribution in [0.1, 0.15) is 31.2 Å². The van der Waals surface area contributed by atoms with Gasteiger partial charge in [-0.15, -0.1) is 10.2 Å². The highest BCUT2D eigenvalue weighted by molar-refractivity contribution is 8.00. The molecule has 33 heavy (non-hydrogen) atoms. The van der Waals surface area contributed by atoms with E-state index in [4.69, 9.17) is 0 Å². The second-order valence-electron chi connectivity index (χ2n) is 8.09. The fourth-order valence-electron chi connectivity index (χ4n) is 3.65. The second kappa shape index (κ2) is 9.66. The molecule has 0 radical (unpaired) electrons. The van der Waals surface area contributed by atoms with Gasteiger partial charge in [-0.2, -0.15) is 4.31 Å². The van der Waals surface area contributed by atoms with Crippen molar-refractivity contribution >= 4 is 33.4 Å². The highest BCUT2D eigenvalue weighted by Crippen LogP contribution is 2.27. The SMILES string of the molecule is Cc1ccc(-n2c(C)nnc2SC(C)C(=O)Nc2ccc(S(=O)(=O)N3CCCC3)cc2)cc1. The fourth-order valence-corrected chi connectivity index (χ4v) is 6.08. The maximum atomic E-state index is 12.8. The summed E-state index contributed by atoms with van der Waals surface area (Å²) in [5.74, 6) is 0.537. The van der Waals surface area contributed by atoms with Gasteiger partial charge in [-0.05, 0) is 70.0 Å². The average molecular weight is 486 g/mol. The van der Waals surface area contributed by atoms with Gasteiger partial charge in [0.25, 0.3) is 0 Å². The largest absolute Gasteiger partial charge is 0.325 e. The van der Waals surface area contributed by atoms with Gasteiger partial charge in [0.15, 0.2) is 5.16 Å². The molecule has 1 saturated heterocycles. The van der Waals surface area contributed by atoms with E-state index < -0.39 is 15.3 Å². The van der Waals surface area contributed by atoms with Gasteiger partial charge in [0.1, 0.15) is 5.82 Å². The third-order valence-electron chi connectivity index (χ3n) is 5.56. The average Bonchev–Trinajstić information content (AvgIpc) is 3.46. The highest BCUT2D eigenvalue weighted by atomic mass is 32.2. The van der Waals surface area contributed by atoms with E-state index >= 15 is 0 Å². The van der Waals surface area contributed by atoms with E-state index in [1.165, 1.54) is 16.1 Å². The van der Waals surface area contributed by atoms with Gasteiger partial charge in [0.2, 0.25) is 15.9 Å². The van der Waals surface area contributed by atoms with Gasteiger partial charge in [-0.25, -0.2) is 8.42 Å². The van der Waals surface area contributed by atoms with Crippen molar-refractivity contribution in [1.29, 1.82) is 0 Å². The van der Waals surface area contributed by atoms with Crippen molar-refractivity contribution in [3.63, 3.8) is 0 Å². The minimum Gasteiger partial charge on any atom is -0.325 e. The molecule has 0 spiro atoms. The third-order valence-corrected chi connectivity index (χ3v) is 8.52. The first-order chi connectivity index (χ1) is 15.8. The maximum Gasteiger partial charge on any atom is 0.243 e. The van der Waals surface area contributed by atoms with Crippen molar-refractivity contribution in [3.8, 4) is 5.69 Å². The number of hydrogen-bond acceptors (Lipinski definition) is 6. The molecule has 1 aliphatic heterocycles. The lowest BCUT2D eigenvalue weighted by Crippen LogP contribution is -2.27. The molecule has 10 heteroatoms. The standard InChI is InChI=1S/C23H27N5O3S2/c1-16-6-10-20(11-7-16)28-18(3)25-26-23(28)32-17(2)22(29)24-19-8-12-21(13-9-19)33(30,31)27-14-4-5-15-27/h6-13,17H,4-5,14-15H2,1-3H3,(H,24,29). The number of aromatic nitrogens is 3. The van der Waals surface area contributed by atoms with Crippen LogP contribution in [0, 0.1) is 13.8 Å². The van der Waals surface area contributed by atoms with Crippen LogP contribution in [0.2, 0.25) is 0 Å². The van der Waals surface area contributed by atoms with Crippen LogP contribution in [0.15, 0.2) is 58.6 Å². The first-order valence-electron chi connectivity index (χ1n) is 10.8. The van der Waals surface area contributed by atoms with E-state index in [1.54, 1.807) is 31.2 Å². The zero-order valence-corrected chi connectivity index (χ0v) is 20.5. The zero-order valence-electron chi connectivity index (χ0n) is 18.9. The Kier molecular flexibility index (Phi) is 6.87. The van der Waals surface area contributed by atoms with Gasteiger partial charge in [-0.3, -0.25) is 9.36 Å². The number of benzene rings is 2. The Hall–Kier alpha value is -2.69. The summed E-state index contributed by atoms with van der Waals surface area (Å²) >= 11 is 1.32. The van der Waals surface area contributed by atoms with Crippen LogP contribution in [0.25, 0.3) is 5.69 Å². The lowest BCUT2D eigenvalue weighted by Gasteiger charge is -2.16. The van der Waals surface area contributed by atoms with E-state index in [0.29, 0.717) is 23.9 Å². The molecule has 1 aromatic heterocycles. The summed E-state index contributed by atoms with van der Waals surface area (Å²) in [4.78, 5) is 13.0. The summed E-state index contributed by atoms with van der Waals surface area (Å²) in [6.07, 6.45) is 1.78. The number of rotatable bonds is 7. The van der Waals surface area contributed by atoms with E-state index in [-0.39, 0.29) is 10.8 Å². The molecule has 8 nitrogen and oxygen atoms in total. The predicted octanol–water partition coefficient (Wildman–Crippen LogP) is 3.79. The van der Waals surface area contributed by atoms with Crippen molar-refractivity contribution in [2.24, 2.45) is 0 Å². The summed E-state index contributed by atoms with van der Waals surface area (Å²) in [6, 6.07) is 14.4. The number of carbonyl (C=O) groups is 1. The second-order valence-corrected chi connectivity index (χ2v) is 11.3. The molecule has 2 aromatic carbocycles. The molecule has 1 atom stereocenters. The maximum absolute atomic E-state index is 12.8. The Morgan fingerprint density at radius 1 is 1.00 bits per heavy atom. The number of anilines is 1. The summed E-state index contributed by atoms with van der Waals surface area (Å²) in [7, 11) is -3.47. The first-order valence-corrected chi connectivity index (χ1v) is 13.1. The minimum atomic E-state index is -3.47. The van der Waals surface area contributed by atoms with Crippen LogP contribution in [0.3, 0.4) is 0 Å². The van der Waals surface area contributed by atoms with E-state index in [0.717, 1.165) is 29.9 Å². The van der Waals surface area contributed by atoms with Crippen molar-refractivity contribution in [1.82, 2.24) is 19.1 Å². The number of hydrogen-bond donors (Lipinski definition) is 1. The van der Waals surface area contributed by atoms with E-state index in [1.807, 2.05) is 42.7 Å². The summed E-state index contributed by atoms with van der Waals surface area (Å²) < 4.78 is 28.8. The first kappa shape index (κ1) is 23.5. The molecular weight excluding hydrogens is 458 g/mol. The number of thioether (sulfide) groups is 1. The zero-order chi connectivity index (χ0) is 23.6. The van der Waals surface area contributed by atoms with Crippen molar-refractivity contribution in [3.05, 3.63) is 59.9 Å². The van der Waals surface area contributed by atoms with Crippen molar-refractivity contribution in [2.75, 3.05) is 18.4 Å². The fraction of sp³-hybridized carbons (Fsp3) is 0.348. The summed E-state index contributed by atoms with van der Waals surface area (Å²) in [6.45, 7) is 6.82. The molecule has 0 aliphatic carbocycles. The summed E-state index contributed by atoms with van der Waals surface area (Å²) in [5, 5.41) is 11.5. The molecule has 0 saturated carbocycles. The van der Waals surface area contributed by atoms with Gasteiger partial charge >= 0.3 is 0 Å². The van der Waals surface area contributed by atoms with Gasteiger partial charge < -0.3 is 5.32 Å². The lowest BCUT2D eigenvalue weighted by atomic mass is 10.2. The van der Waals surface area contributed by atoms with Gasteiger partial charge in [-0.1, -0.05) is 29.5 Å². The predicted molar refractivity (Wildman–Crippen MR) is 129 cm³/mol. The third kappa shape index (κ3) is 5.13. The smallest absolute Gasteiger partial charge is 0.243 e. The highest BCUT2D eigenvalue weighted by Gasteiger charge is 2.27. The van der Waals surface area contributed by atoms with Crippen LogP contribution >= 0.6 is 11.8 Å². The molecule has 1 amide bonds. The molecular formula is C23H27N5O3S2. The molecule has 4 rings (SSSR count). The topological polar surface area (TPSA) is 97.2 Å². The number of sulfonamides is 1. The van der Waals surface area contributed by atoms with Crippen LogP contribution in [-0.2, 0) is 14.8 Å². The van der Waals surface area contributed by atoms with Crippen molar-refractivity contribution < 1.29 is 13.2 Å². The lowest BCUT2D eigenvalue weighted by molar-refractivity contribution is -0.115. The van der Waals surface area contributed by atoms with Crippen LogP contribution in [0.4, 0.5) is 5.69 Å². The normalized spacial score (nSPS) is 15.5. The number of carbonyl (C=O) groups excluding carboxylic acids is 1. The number of aryl methyl sites for hydroxylation is 2. The summed E-state index contributed by atoms with van der Waals surface area (Å²) in [5.41, 5.74) is 2.64. The molecule has 0 bridgehead atoms. The Bertz CT molecular complexity index is 1230. The van der Waals surface area contributed by atoms with E-state index in [9.17, 15) is 13.2 Å². The Labute approximate surface area is 198 Å².